The molecule has 0 N–H and O–H groups in total. The molecule has 4 nitrogen and oxygen atoms in total. The van der Waals surface area contributed by atoms with Crippen molar-refractivity contribution in [3.8, 4) is 56.4 Å². The highest BCUT2D eigenvalue weighted by molar-refractivity contribution is 7.26. The van der Waals surface area contributed by atoms with Gasteiger partial charge in [-0.15, -0.1) is 11.3 Å². The van der Waals surface area contributed by atoms with Gasteiger partial charge >= 0.3 is 0 Å². The molecular weight excluding hydrogens is 679 g/mol. The summed E-state index contributed by atoms with van der Waals surface area (Å²) >= 11 is 1.84. The van der Waals surface area contributed by atoms with Crippen LogP contribution in [0.5, 0.6) is 0 Å². The lowest BCUT2D eigenvalue weighted by atomic mass is 9.95. The molecule has 5 heteroatoms. The normalized spacial score (nSPS) is 11.7. The molecule has 3 aromatic heterocycles. The molecule has 0 radical (unpaired) electrons. The maximum absolute atomic E-state index is 6.47. The Hall–Kier alpha value is -6.95. The molecule has 0 saturated carbocycles. The monoisotopic (exact) mass is 707 g/mol. The van der Waals surface area contributed by atoms with Gasteiger partial charge in [0.1, 0.15) is 11.2 Å². The number of rotatable bonds is 5. The second kappa shape index (κ2) is 12.3. The highest BCUT2D eigenvalue weighted by Crippen LogP contribution is 2.42. The SMILES string of the molecule is c1ccc(-c2cc(-c3nc(-c4ccccc4)nc(-c4ccc5c(c4)oc4cc6ccccc6cc45)n3)cc(-c3cccc4c3sc3ccccc34)c2)cc1. The highest BCUT2D eigenvalue weighted by Gasteiger charge is 2.18. The highest BCUT2D eigenvalue weighted by atomic mass is 32.1. The van der Waals surface area contributed by atoms with Gasteiger partial charge in [0.15, 0.2) is 17.5 Å². The lowest BCUT2D eigenvalue weighted by Gasteiger charge is -2.13. The van der Waals surface area contributed by atoms with Crippen LogP contribution in [0.1, 0.15) is 0 Å². The summed E-state index contributed by atoms with van der Waals surface area (Å²) < 4.78 is 9.02. The Morgan fingerprint density at radius 3 is 1.78 bits per heavy atom. The number of fused-ring (bicyclic) bond motifs is 7. The minimum Gasteiger partial charge on any atom is -0.456 e. The van der Waals surface area contributed by atoms with Gasteiger partial charge in [0.25, 0.3) is 0 Å². The van der Waals surface area contributed by atoms with E-state index in [4.69, 9.17) is 19.4 Å². The van der Waals surface area contributed by atoms with Crippen molar-refractivity contribution in [3.05, 3.63) is 176 Å². The molecular formula is C49H29N3OS. The topological polar surface area (TPSA) is 51.8 Å². The summed E-state index contributed by atoms with van der Waals surface area (Å²) in [7, 11) is 0. The van der Waals surface area contributed by atoms with E-state index in [-0.39, 0.29) is 0 Å². The van der Waals surface area contributed by atoms with E-state index in [0.29, 0.717) is 17.5 Å². The molecule has 0 unspecified atom stereocenters. The first kappa shape index (κ1) is 30.7. The second-order valence-electron chi connectivity index (χ2n) is 13.6. The molecule has 0 atom stereocenters. The lowest BCUT2D eigenvalue weighted by Crippen LogP contribution is -2.00. The predicted molar refractivity (Wildman–Crippen MR) is 225 cm³/mol. The number of aromatic nitrogens is 3. The molecule has 0 spiro atoms. The van der Waals surface area contributed by atoms with Crippen LogP contribution in [0.25, 0.3) is 109 Å². The summed E-state index contributed by atoms with van der Waals surface area (Å²) in [4.78, 5) is 15.4. The number of furan rings is 1. The number of hydrogen-bond acceptors (Lipinski definition) is 5. The third-order valence-electron chi connectivity index (χ3n) is 10.3. The molecule has 0 aliphatic carbocycles. The summed E-state index contributed by atoms with van der Waals surface area (Å²) in [6, 6.07) is 61.6. The average Bonchev–Trinajstić information content (AvgIpc) is 3.80. The zero-order valence-electron chi connectivity index (χ0n) is 28.9. The van der Waals surface area contributed by atoms with Crippen LogP contribution in [0.2, 0.25) is 0 Å². The zero-order chi connectivity index (χ0) is 35.6. The van der Waals surface area contributed by atoms with Gasteiger partial charge in [0.05, 0.1) is 0 Å². The Morgan fingerprint density at radius 2 is 0.963 bits per heavy atom. The number of thiophene rings is 1. The summed E-state index contributed by atoms with van der Waals surface area (Å²) in [5, 5.41) is 7.04. The van der Waals surface area contributed by atoms with E-state index in [0.717, 1.165) is 60.7 Å². The van der Waals surface area contributed by atoms with Crippen LogP contribution >= 0.6 is 11.3 Å². The van der Waals surface area contributed by atoms with E-state index < -0.39 is 0 Å². The Bertz CT molecular complexity index is 3220. The molecule has 0 amide bonds. The van der Waals surface area contributed by atoms with Gasteiger partial charge in [-0.05, 0) is 81.6 Å². The molecule has 0 aliphatic rings. The maximum Gasteiger partial charge on any atom is 0.164 e. The Morgan fingerprint density at radius 1 is 0.352 bits per heavy atom. The minimum absolute atomic E-state index is 0.588. The van der Waals surface area contributed by atoms with Crippen molar-refractivity contribution in [2.75, 3.05) is 0 Å². The Labute approximate surface area is 314 Å². The van der Waals surface area contributed by atoms with Crippen LogP contribution in [0.15, 0.2) is 180 Å². The average molecular weight is 708 g/mol. The maximum atomic E-state index is 6.47. The third kappa shape index (κ3) is 5.17. The largest absolute Gasteiger partial charge is 0.456 e. The summed E-state index contributed by atoms with van der Waals surface area (Å²) in [6.07, 6.45) is 0. The standard InChI is InChI=1S/C49H29N3OS/c1-3-12-30(13-4-1)35-24-36(38-19-11-20-41-40-18-9-10-21-45(40)54-46(38)41)26-37(25-35)49-51-47(31-14-5-2-6-15-31)50-48(52-49)34-22-23-39-42-27-32-16-7-8-17-33(32)28-44(42)53-43(39)29-34/h1-29H. The Kier molecular flexibility index (Phi) is 7.00. The fourth-order valence-electron chi connectivity index (χ4n) is 7.64. The van der Waals surface area contributed by atoms with Crippen molar-refractivity contribution in [2.45, 2.75) is 0 Å². The van der Waals surface area contributed by atoms with Gasteiger partial charge < -0.3 is 4.42 Å². The molecule has 54 heavy (non-hydrogen) atoms. The summed E-state index contributed by atoms with van der Waals surface area (Å²) in [5.41, 5.74) is 8.89. The Balaban J connectivity index is 1.12. The first-order valence-corrected chi connectivity index (χ1v) is 18.8. The van der Waals surface area contributed by atoms with Crippen molar-refractivity contribution < 1.29 is 4.42 Å². The van der Waals surface area contributed by atoms with Crippen LogP contribution in [0.4, 0.5) is 0 Å². The predicted octanol–water partition coefficient (Wildman–Crippen LogP) is 13.6. The molecule has 0 saturated heterocycles. The van der Waals surface area contributed by atoms with Gasteiger partial charge in [-0.3, -0.25) is 0 Å². The molecule has 0 fully saturated rings. The molecule has 11 rings (SSSR count). The van der Waals surface area contributed by atoms with Crippen LogP contribution in [-0.4, -0.2) is 15.0 Å². The van der Waals surface area contributed by atoms with Crippen LogP contribution in [0.3, 0.4) is 0 Å². The van der Waals surface area contributed by atoms with Gasteiger partial charge in [0.2, 0.25) is 0 Å². The fraction of sp³-hybridized carbons (Fsp3) is 0. The van der Waals surface area contributed by atoms with E-state index in [1.807, 2.05) is 41.7 Å². The van der Waals surface area contributed by atoms with Crippen LogP contribution < -0.4 is 0 Å². The van der Waals surface area contributed by atoms with Crippen molar-refractivity contribution in [1.29, 1.82) is 0 Å². The first-order chi connectivity index (χ1) is 26.7. The molecule has 0 bridgehead atoms. The van der Waals surface area contributed by atoms with E-state index in [1.165, 1.54) is 31.1 Å². The van der Waals surface area contributed by atoms with E-state index in [1.54, 1.807) is 0 Å². The molecule has 3 heterocycles. The van der Waals surface area contributed by atoms with Crippen molar-refractivity contribution >= 4 is 64.2 Å². The number of nitrogens with zero attached hydrogens (tertiary/aromatic N) is 3. The zero-order valence-corrected chi connectivity index (χ0v) is 29.7. The van der Waals surface area contributed by atoms with Crippen molar-refractivity contribution in [1.82, 2.24) is 15.0 Å². The summed E-state index contributed by atoms with van der Waals surface area (Å²) in [5.74, 6) is 1.81. The van der Waals surface area contributed by atoms with Gasteiger partial charge in [0, 0.05) is 47.6 Å². The molecule has 252 valence electrons. The first-order valence-electron chi connectivity index (χ1n) is 18.0. The molecule has 0 aliphatic heterocycles. The number of hydrogen-bond donors (Lipinski definition) is 0. The number of benzene rings is 8. The minimum atomic E-state index is 0.588. The van der Waals surface area contributed by atoms with Gasteiger partial charge in [-0.1, -0.05) is 127 Å². The van der Waals surface area contributed by atoms with Gasteiger partial charge in [-0.25, -0.2) is 15.0 Å². The van der Waals surface area contributed by atoms with Crippen molar-refractivity contribution in [3.63, 3.8) is 0 Å². The quantitative estimate of drug-likeness (QED) is 0.179. The fourth-order valence-corrected chi connectivity index (χ4v) is 8.87. The van der Waals surface area contributed by atoms with E-state index >= 15 is 0 Å². The third-order valence-corrected chi connectivity index (χ3v) is 11.5. The van der Waals surface area contributed by atoms with Crippen molar-refractivity contribution in [2.24, 2.45) is 0 Å². The van der Waals surface area contributed by atoms with E-state index in [2.05, 4.69) is 146 Å². The van der Waals surface area contributed by atoms with Crippen LogP contribution in [-0.2, 0) is 0 Å². The molecule has 8 aromatic carbocycles. The second-order valence-corrected chi connectivity index (χ2v) is 14.7. The molecule has 11 aromatic rings. The lowest BCUT2D eigenvalue weighted by molar-refractivity contribution is 0.669. The smallest absolute Gasteiger partial charge is 0.164 e. The van der Waals surface area contributed by atoms with E-state index in [9.17, 15) is 0 Å². The van der Waals surface area contributed by atoms with Gasteiger partial charge in [-0.2, -0.15) is 0 Å². The summed E-state index contributed by atoms with van der Waals surface area (Å²) in [6.45, 7) is 0. The van der Waals surface area contributed by atoms with Crippen LogP contribution in [0, 0.1) is 0 Å².